The second-order valence-electron chi connectivity index (χ2n) is 6.63. The molecule has 1 aromatic rings. The van der Waals surface area contributed by atoms with Crippen LogP contribution in [0.2, 0.25) is 0 Å². The minimum Gasteiger partial charge on any atom is -0.308 e. The van der Waals surface area contributed by atoms with Gasteiger partial charge in [0.15, 0.2) is 0 Å². The van der Waals surface area contributed by atoms with Gasteiger partial charge in [-0.05, 0) is 63.8 Å². The lowest BCUT2D eigenvalue weighted by molar-refractivity contribution is 0.148. The normalized spacial score (nSPS) is 35.1. The number of rotatable bonds is 2. The van der Waals surface area contributed by atoms with Crippen molar-refractivity contribution in [2.75, 3.05) is 7.05 Å². The van der Waals surface area contributed by atoms with Crippen molar-refractivity contribution in [3.05, 3.63) is 15.6 Å². The van der Waals surface area contributed by atoms with E-state index in [0.29, 0.717) is 0 Å². The molecule has 3 atom stereocenters. The molecule has 3 heteroatoms. The van der Waals surface area contributed by atoms with E-state index >= 15 is 0 Å². The predicted octanol–water partition coefficient (Wildman–Crippen LogP) is 3.89. The number of thiazole rings is 1. The topological polar surface area (TPSA) is 24.9 Å². The van der Waals surface area contributed by atoms with Gasteiger partial charge in [-0.15, -0.1) is 11.3 Å². The van der Waals surface area contributed by atoms with Crippen LogP contribution in [-0.2, 0) is 18.4 Å². The summed E-state index contributed by atoms with van der Waals surface area (Å²) in [7, 11) is 2.13. The number of hydrogen-bond donors (Lipinski definition) is 1. The summed E-state index contributed by atoms with van der Waals surface area (Å²) >= 11 is 1.99. The molecule has 0 aliphatic heterocycles. The Morgan fingerprint density at radius 2 is 2.00 bits per heavy atom. The first-order valence-corrected chi connectivity index (χ1v) is 8.64. The van der Waals surface area contributed by atoms with Crippen molar-refractivity contribution in [3.8, 4) is 0 Å². The Bertz CT molecular complexity index is 430. The third-order valence-corrected chi connectivity index (χ3v) is 6.76. The molecule has 1 saturated carbocycles. The third-order valence-electron chi connectivity index (χ3n) is 5.40. The summed E-state index contributed by atoms with van der Waals surface area (Å²) in [5, 5.41) is 5.02. The van der Waals surface area contributed by atoms with Crippen LogP contribution < -0.4 is 5.32 Å². The molecule has 3 unspecified atom stereocenters. The summed E-state index contributed by atoms with van der Waals surface area (Å²) in [6.07, 6.45) is 8.98. The SMILES string of the molecule is CNC1(c2nc3c(s2)CCCC3)CCC(C)C(C)C1. The van der Waals surface area contributed by atoms with E-state index in [9.17, 15) is 0 Å². The number of aromatic nitrogens is 1. The van der Waals surface area contributed by atoms with E-state index in [-0.39, 0.29) is 5.54 Å². The average Bonchev–Trinajstić information content (AvgIpc) is 2.86. The van der Waals surface area contributed by atoms with E-state index in [1.165, 1.54) is 55.6 Å². The van der Waals surface area contributed by atoms with Crippen LogP contribution in [0.5, 0.6) is 0 Å². The molecule has 0 amide bonds. The standard InChI is InChI=1S/C16H26N2S/c1-11-8-9-16(17-3,10-12(11)2)15-18-13-6-4-5-7-14(13)19-15/h11-12,17H,4-10H2,1-3H3. The summed E-state index contributed by atoms with van der Waals surface area (Å²) < 4.78 is 0. The Morgan fingerprint density at radius 1 is 1.21 bits per heavy atom. The fourth-order valence-corrected chi connectivity index (χ4v) is 5.08. The van der Waals surface area contributed by atoms with Gasteiger partial charge in [-0.1, -0.05) is 13.8 Å². The van der Waals surface area contributed by atoms with E-state index in [4.69, 9.17) is 4.98 Å². The van der Waals surface area contributed by atoms with Crippen LogP contribution >= 0.6 is 11.3 Å². The molecule has 1 fully saturated rings. The van der Waals surface area contributed by atoms with Crippen LogP contribution in [0.15, 0.2) is 0 Å². The maximum absolute atomic E-state index is 5.03. The number of aryl methyl sites for hydroxylation is 2. The maximum atomic E-state index is 5.03. The van der Waals surface area contributed by atoms with Crippen molar-refractivity contribution in [2.24, 2.45) is 11.8 Å². The smallest absolute Gasteiger partial charge is 0.113 e. The Balaban J connectivity index is 1.91. The number of nitrogens with one attached hydrogen (secondary N) is 1. The lowest BCUT2D eigenvalue weighted by Crippen LogP contribution is -2.45. The molecule has 1 N–H and O–H groups in total. The quantitative estimate of drug-likeness (QED) is 0.887. The molecule has 0 aromatic carbocycles. The largest absolute Gasteiger partial charge is 0.308 e. The molecule has 0 saturated heterocycles. The highest BCUT2D eigenvalue weighted by atomic mass is 32.1. The predicted molar refractivity (Wildman–Crippen MR) is 81.7 cm³/mol. The first kappa shape index (κ1) is 13.6. The molecular formula is C16H26N2S. The van der Waals surface area contributed by atoms with Crippen LogP contribution in [0, 0.1) is 11.8 Å². The van der Waals surface area contributed by atoms with Gasteiger partial charge < -0.3 is 5.32 Å². The zero-order valence-electron chi connectivity index (χ0n) is 12.5. The highest BCUT2D eigenvalue weighted by Crippen LogP contribution is 2.44. The molecular weight excluding hydrogens is 252 g/mol. The van der Waals surface area contributed by atoms with Crippen LogP contribution in [0.25, 0.3) is 0 Å². The zero-order valence-corrected chi connectivity index (χ0v) is 13.3. The van der Waals surface area contributed by atoms with Gasteiger partial charge in [0, 0.05) is 4.88 Å². The summed E-state index contributed by atoms with van der Waals surface area (Å²) in [6, 6.07) is 0. The average molecular weight is 278 g/mol. The Labute approximate surface area is 121 Å². The van der Waals surface area contributed by atoms with Crippen molar-refractivity contribution >= 4 is 11.3 Å². The van der Waals surface area contributed by atoms with Crippen LogP contribution in [0.1, 0.15) is 61.5 Å². The van der Waals surface area contributed by atoms with E-state index in [1.807, 2.05) is 11.3 Å². The molecule has 2 aliphatic carbocycles. The Hall–Kier alpha value is -0.410. The van der Waals surface area contributed by atoms with Crippen LogP contribution in [0.3, 0.4) is 0 Å². The first-order valence-electron chi connectivity index (χ1n) is 7.82. The molecule has 3 rings (SSSR count). The van der Waals surface area contributed by atoms with Crippen molar-refractivity contribution in [3.63, 3.8) is 0 Å². The second kappa shape index (κ2) is 5.17. The minimum atomic E-state index is 0.161. The molecule has 1 heterocycles. The summed E-state index contributed by atoms with van der Waals surface area (Å²) in [6.45, 7) is 4.81. The Morgan fingerprint density at radius 3 is 2.68 bits per heavy atom. The lowest BCUT2D eigenvalue weighted by Gasteiger charge is -2.41. The molecule has 0 radical (unpaired) electrons. The van der Waals surface area contributed by atoms with E-state index < -0.39 is 0 Å². The number of fused-ring (bicyclic) bond motifs is 1. The fourth-order valence-electron chi connectivity index (χ4n) is 3.70. The monoisotopic (exact) mass is 278 g/mol. The van der Waals surface area contributed by atoms with Gasteiger partial charge in [-0.3, -0.25) is 0 Å². The van der Waals surface area contributed by atoms with E-state index in [1.54, 1.807) is 4.88 Å². The van der Waals surface area contributed by atoms with E-state index in [0.717, 1.165) is 11.8 Å². The molecule has 1 aromatic heterocycles. The van der Waals surface area contributed by atoms with Gasteiger partial charge in [0.2, 0.25) is 0 Å². The van der Waals surface area contributed by atoms with Crippen LogP contribution in [-0.4, -0.2) is 12.0 Å². The Kier molecular flexibility index (Phi) is 3.69. The molecule has 0 bridgehead atoms. The summed E-state index contributed by atoms with van der Waals surface area (Å²) in [5.74, 6) is 1.65. The van der Waals surface area contributed by atoms with Gasteiger partial charge >= 0.3 is 0 Å². The van der Waals surface area contributed by atoms with Crippen molar-refractivity contribution in [1.82, 2.24) is 10.3 Å². The van der Waals surface area contributed by atoms with Crippen molar-refractivity contribution < 1.29 is 0 Å². The first-order chi connectivity index (χ1) is 9.14. The highest BCUT2D eigenvalue weighted by molar-refractivity contribution is 7.11. The van der Waals surface area contributed by atoms with E-state index in [2.05, 4.69) is 26.2 Å². The van der Waals surface area contributed by atoms with Crippen LogP contribution in [0.4, 0.5) is 0 Å². The summed E-state index contributed by atoms with van der Waals surface area (Å²) in [4.78, 5) is 6.60. The van der Waals surface area contributed by atoms with Gasteiger partial charge in [0.25, 0.3) is 0 Å². The van der Waals surface area contributed by atoms with Gasteiger partial charge in [0.1, 0.15) is 5.01 Å². The molecule has 2 nitrogen and oxygen atoms in total. The van der Waals surface area contributed by atoms with Gasteiger partial charge in [0.05, 0.1) is 11.2 Å². The number of hydrogen-bond acceptors (Lipinski definition) is 3. The second-order valence-corrected chi connectivity index (χ2v) is 7.71. The van der Waals surface area contributed by atoms with Gasteiger partial charge in [-0.2, -0.15) is 0 Å². The van der Waals surface area contributed by atoms with Gasteiger partial charge in [-0.25, -0.2) is 4.98 Å². The molecule has 19 heavy (non-hydrogen) atoms. The fraction of sp³-hybridized carbons (Fsp3) is 0.812. The molecule has 0 spiro atoms. The molecule has 106 valence electrons. The lowest BCUT2D eigenvalue weighted by atomic mass is 9.71. The van der Waals surface area contributed by atoms with Crippen molar-refractivity contribution in [1.29, 1.82) is 0 Å². The zero-order chi connectivity index (χ0) is 13.5. The minimum absolute atomic E-state index is 0.161. The third kappa shape index (κ3) is 2.36. The highest BCUT2D eigenvalue weighted by Gasteiger charge is 2.40. The van der Waals surface area contributed by atoms with Crippen molar-refractivity contribution in [2.45, 2.75) is 64.3 Å². The maximum Gasteiger partial charge on any atom is 0.113 e. The summed E-state index contributed by atoms with van der Waals surface area (Å²) in [5.41, 5.74) is 1.57. The number of nitrogens with zero attached hydrogens (tertiary/aromatic N) is 1. The molecule has 2 aliphatic rings.